The largest absolute Gasteiger partial charge is 0.488 e. The van der Waals surface area contributed by atoms with Crippen molar-refractivity contribution in [2.75, 3.05) is 17.1 Å². The van der Waals surface area contributed by atoms with E-state index >= 15 is 0 Å². The smallest absolute Gasteiger partial charge is 0.260 e. The third kappa shape index (κ3) is 7.18. The lowest BCUT2D eigenvalue weighted by Crippen LogP contribution is -2.39. The second kappa shape index (κ2) is 10.8. The fourth-order valence-electron chi connectivity index (χ4n) is 3.29. The van der Waals surface area contributed by atoms with Crippen molar-refractivity contribution >= 4 is 27.8 Å². The molecular formula is C25H27N3O4S. The molecule has 0 unspecified atom stereocenters. The molecule has 0 radical (unpaired) electrons. The van der Waals surface area contributed by atoms with Crippen LogP contribution >= 0.6 is 0 Å². The van der Waals surface area contributed by atoms with Crippen LogP contribution in [0.3, 0.4) is 0 Å². The summed E-state index contributed by atoms with van der Waals surface area (Å²) in [6.07, 6.45) is 2.54. The molecule has 0 heterocycles. The zero-order valence-corrected chi connectivity index (χ0v) is 19.7. The minimum Gasteiger partial charge on any atom is -0.488 e. The van der Waals surface area contributed by atoms with E-state index in [1.807, 2.05) is 74.5 Å². The number of hydrogen-bond acceptors (Lipinski definition) is 5. The molecule has 0 bridgehead atoms. The average molecular weight is 466 g/mol. The van der Waals surface area contributed by atoms with Gasteiger partial charge in [-0.3, -0.25) is 9.10 Å². The summed E-state index contributed by atoms with van der Waals surface area (Å²) in [6.45, 7) is 3.76. The highest BCUT2D eigenvalue weighted by molar-refractivity contribution is 7.92. The minimum atomic E-state index is -3.66. The number of sulfonamides is 1. The number of carbonyl (C=O) groups is 1. The molecule has 172 valence electrons. The Morgan fingerprint density at radius 3 is 2.30 bits per heavy atom. The van der Waals surface area contributed by atoms with Crippen molar-refractivity contribution in [2.24, 2.45) is 5.10 Å². The van der Waals surface area contributed by atoms with Gasteiger partial charge in [0.1, 0.15) is 18.9 Å². The van der Waals surface area contributed by atoms with Gasteiger partial charge in [-0.05, 0) is 54.8 Å². The van der Waals surface area contributed by atoms with E-state index in [1.165, 1.54) is 6.21 Å². The summed E-state index contributed by atoms with van der Waals surface area (Å²) in [5, 5.41) is 4.00. The summed E-state index contributed by atoms with van der Waals surface area (Å²) >= 11 is 0. The Labute approximate surface area is 194 Å². The molecule has 0 aliphatic rings. The van der Waals surface area contributed by atoms with Crippen LogP contribution in [0.2, 0.25) is 0 Å². The molecule has 0 saturated heterocycles. The Hall–Kier alpha value is -3.65. The SMILES string of the molecule is Cc1cc(C)cc(N(CC(=O)N/N=C\c2ccccc2OCc2ccccc2)S(C)(=O)=O)c1. The van der Waals surface area contributed by atoms with Crippen molar-refractivity contribution in [3.05, 3.63) is 95.1 Å². The van der Waals surface area contributed by atoms with Crippen molar-refractivity contribution in [1.82, 2.24) is 5.43 Å². The Morgan fingerprint density at radius 1 is 1.00 bits per heavy atom. The first-order valence-electron chi connectivity index (χ1n) is 10.4. The molecule has 33 heavy (non-hydrogen) atoms. The molecule has 0 atom stereocenters. The van der Waals surface area contributed by atoms with Crippen LogP contribution in [-0.2, 0) is 21.4 Å². The van der Waals surface area contributed by atoms with Crippen LogP contribution in [-0.4, -0.2) is 33.3 Å². The predicted octanol–water partition coefficient (Wildman–Crippen LogP) is 3.80. The van der Waals surface area contributed by atoms with E-state index in [0.29, 0.717) is 23.6 Å². The number of benzene rings is 3. The van der Waals surface area contributed by atoms with E-state index in [9.17, 15) is 13.2 Å². The Kier molecular flexibility index (Phi) is 7.84. The van der Waals surface area contributed by atoms with E-state index in [0.717, 1.165) is 27.3 Å². The number of rotatable bonds is 9. The first-order valence-corrected chi connectivity index (χ1v) is 12.2. The van der Waals surface area contributed by atoms with Gasteiger partial charge in [0.25, 0.3) is 5.91 Å². The zero-order valence-electron chi connectivity index (χ0n) is 18.9. The number of hydrogen-bond donors (Lipinski definition) is 1. The minimum absolute atomic E-state index is 0.384. The number of nitrogens with zero attached hydrogens (tertiary/aromatic N) is 2. The van der Waals surface area contributed by atoms with E-state index in [-0.39, 0.29) is 6.54 Å². The van der Waals surface area contributed by atoms with Gasteiger partial charge in [-0.25, -0.2) is 13.8 Å². The summed E-state index contributed by atoms with van der Waals surface area (Å²) in [5.41, 5.74) is 6.37. The van der Waals surface area contributed by atoms with E-state index < -0.39 is 15.9 Å². The second-order valence-electron chi connectivity index (χ2n) is 7.72. The highest BCUT2D eigenvalue weighted by Gasteiger charge is 2.21. The van der Waals surface area contributed by atoms with Gasteiger partial charge in [0, 0.05) is 5.56 Å². The molecule has 3 aromatic carbocycles. The number of hydrazone groups is 1. The number of anilines is 1. The van der Waals surface area contributed by atoms with E-state index in [1.54, 1.807) is 12.1 Å². The van der Waals surface area contributed by atoms with Gasteiger partial charge in [-0.1, -0.05) is 48.5 Å². The number of ether oxygens (including phenoxy) is 1. The van der Waals surface area contributed by atoms with Gasteiger partial charge in [0.2, 0.25) is 10.0 Å². The molecule has 0 saturated carbocycles. The lowest BCUT2D eigenvalue weighted by atomic mass is 10.1. The van der Waals surface area contributed by atoms with Crippen LogP contribution in [0.1, 0.15) is 22.3 Å². The first kappa shape index (κ1) is 24.0. The summed E-state index contributed by atoms with van der Waals surface area (Å²) in [5.74, 6) is 0.0610. The fraction of sp³-hybridized carbons (Fsp3) is 0.200. The summed E-state index contributed by atoms with van der Waals surface area (Å²) < 4.78 is 31.6. The van der Waals surface area contributed by atoms with Crippen molar-refractivity contribution in [3.8, 4) is 5.75 Å². The summed E-state index contributed by atoms with van der Waals surface area (Å²) in [6, 6.07) is 22.5. The normalized spacial score (nSPS) is 11.4. The van der Waals surface area contributed by atoms with E-state index in [2.05, 4.69) is 10.5 Å². The standard InChI is InChI=1S/C25H27N3O4S/c1-19-13-20(2)15-23(14-19)28(33(3,30)31)17-25(29)27-26-16-22-11-7-8-12-24(22)32-18-21-9-5-4-6-10-21/h4-16H,17-18H2,1-3H3,(H,27,29)/b26-16-. The maximum Gasteiger partial charge on any atom is 0.260 e. The number of aryl methyl sites for hydroxylation is 2. The highest BCUT2D eigenvalue weighted by atomic mass is 32.2. The lowest BCUT2D eigenvalue weighted by Gasteiger charge is -2.22. The maximum atomic E-state index is 12.5. The molecule has 8 heteroatoms. The second-order valence-corrected chi connectivity index (χ2v) is 9.63. The van der Waals surface area contributed by atoms with Crippen LogP contribution in [0.15, 0.2) is 77.9 Å². The van der Waals surface area contributed by atoms with Crippen molar-refractivity contribution in [3.63, 3.8) is 0 Å². The molecule has 3 rings (SSSR count). The number of carbonyl (C=O) groups excluding carboxylic acids is 1. The summed E-state index contributed by atoms with van der Waals surface area (Å²) in [4.78, 5) is 12.5. The highest BCUT2D eigenvalue weighted by Crippen LogP contribution is 2.21. The molecule has 0 fully saturated rings. The molecular weight excluding hydrogens is 438 g/mol. The number of amides is 1. The van der Waals surface area contributed by atoms with Crippen LogP contribution in [0, 0.1) is 13.8 Å². The summed E-state index contributed by atoms with van der Waals surface area (Å²) in [7, 11) is -3.66. The van der Waals surface area contributed by atoms with Gasteiger partial charge in [0.15, 0.2) is 0 Å². The van der Waals surface area contributed by atoms with Crippen molar-refractivity contribution in [1.29, 1.82) is 0 Å². The Bertz CT molecular complexity index is 1220. The molecule has 7 nitrogen and oxygen atoms in total. The molecule has 0 spiro atoms. The van der Waals surface area contributed by atoms with Crippen molar-refractivity contribution < 1.29 is 17.9 Å². The molecule has 0 aromatic heterocycles. The maximum absolute atomic E-state index is 12.5. The zero-order chi connectivity index (χ0) is 23.8. The fourth-order valence-corrected chi connectivity index (χ4v) is 4.13. The van der Waals surface area contributed by atoms with Gasteiger partial charge < -0.3 is 4.74 Å². The van der Waals surface area contributed by atoms with Crippen molar-refractivity contribution in [2.45, 2.75) is 20.5 Å². The number of nitrogens with one attached hydrogen (secondary N) is 1. The van der Waals surface area contributed by atoms with Crippen LogP contribution in [0.4, 0.5) is 5.69 Å². The third-order valence-electron chi connectivity index (χ3n) is 4.73. The molecule has 0 aliphatic carbocycles. The third-order valence-corrected chi connectivity index (χ3v) is 5.87. The van der Waals surface area contributed by atoms with Gasteiger partial charge in [-0.15, -0.1) is 0 Å². The topological polar surface area (TPSA) is 88.1 Å². The average Bonchev–Trinajstić information content (AvgIpc) is 2.76. The van der Waals surface area contributed by atoms with Crippen LogP contribution in [0.25, 0.3) is 0 Å². The van der Waals surface area contributed by atoms with E-state index in [4.69, 9.17) is 4.74 Å². The molecule has 3 aromatic rings. The first-order chi connectivity index (χ1) is 15.7. The van der Waals surface area contributed by atoms with Crippen LogP contribution < -0.4 is 14.5 Å². The molecule has 1 amide bonds. The molecule has 0 aliphatic heterocycles. The van der Waals surface area contributed by atoms with Gasteiger partial charge in [-0.2, -0.15) is 5.10 Å². The van der Waals surface area contributed by atoms with Crippen LogP contribution in [0.5, 0.6) is 5.75 Å². The number of para-hydroxylation sites is 1. The van der Waals surface area contributed by atoms with Gasteiger partial charge >= 0.3 is 0 Å². The van der Waals surface area contributed by atoms with Gasteiger partial charge in [0.05, 0.1) is 18.2 Å². The molecule has 1 N–H and O–H groups in total. The monoisotopic (exact) mass is 465 g/mol. The lowest BCUT2D eigenvalue weighted by molar-refractivity contribution is -0.119. The Balaban J connectivity index is 1.66. The predicted molar refractivity (Wildman–Crippen MR) is 131 cm³/mol. The Morgan fingerprint density at radius 2 is 1.64 bits per heavy atom. The quantitative estimate of drug-likeness (QED) is 0.385.